The van der Waals surface area contributed by atoms with E-state index >= 15 is 0 Å². The predicted octanol–water partition coefficient (Wildman–Crippen LogP) is 0.971. The monoisotopic (exact) mass is 259 g/mol. The first kappa shape index (κ1) is 14.7. The first-order chi connectivity index (χ1) is 8.27. The Hall–Kier alpha value is -0.390. The fourth-order valence-corrected chi connectivity index (χ4v) is 2.42. The SMILES string of the molecule is CCN1CCCC1CNC(=S)NCCCOC. The summed E-state index contributed by atoms with van der Waals surface area (Å²) in [6, 6.07) is 0.652. The molecule has 1 rings (SSSR count). The lowest BCUT2D eigenvalue weighted by Gasteiger charge is -2.23. The number of likely N-dealkylation sites (N-methyl/N-ethyl adjacent to an activating group) is 1. The highest BCUT2D eigenvalue weighted by Gasteiger charge is 2.22. The van der Waals surface area contributed by atoms with E-state index in [1.807, 2.05) is 0 Å². The summed E-state index contributed by atoms with van der Waals surface area (Å²) in [6.45, 7) is 7.21. The Labute approximate surface area is 110 Å². The number of rotatable bonds is 7. The summed E-state index contributed by atoms with van der Waals surface area (Å²) in [5, 5.41) is 7.27. The highest BCUT2D eigenvalue weighted by molar-refractivity contribution is 7.80. The van der Waals surface area contributed by atoms with Gasteiger partial charge in [-0.15, -0.1) is 0 Å². The average Bonchev–Trinajstić information content (AvgIpc) is 2.79. The first-order valence-electron chi connectivity index (χ1n) is 6.52. The van der Waals surface area contributed by atoms with E-state index in [1.54, 1.807) is 7.11 Å². The molecule has 0 amide bonds. The molecule has 5 heteroatoms. The lowest BCUT2D eigenvalue weighted by Crippen LogP contribution is -2.44. The lowest BCUT2D eigenvalue weighted by atomic mass is 10.2. The van der Waals surface area contributed by atoms with Crippen LogP contribution in [0, 0.1) is 0 Å². The minimum Gasteiger partial charge on any atom is -0.385 e. The zero-order valence-corrected chi connectivity index (χ0v) is 11.8. The maximum absolute atomic E-state index is 5.23. The molecular weight excluding hydrogens is 234 g/mol. The minimum atomic E-state index is 0.652. The van der Waals surface area contributed by atoms with Gasteiger partial charge >= 0.3 is 0 Å². The molecule has 1 fully saturated rings. The number of likely N-dealkylation sites (tertiary alicyclic amines) is 1. The van der Waals surface area contributed by atoms with Crippen LogP contribution in [0.5, 0.6) is 0 Å². The molecule has 1 aliphatic rings. The van der Waals surface area contributed by atoms with Gasteiger partial charge in [0.05, 0.1) is 0 Å². The zero-order chi connectivity index (χ0) is 12.5. The van der Waals surface area contributed by atoms with Gasteiger partial charge < -0.3 is 15.4 Å². The van der Waals surface area contributed by atoms with E-state index in [0.29, 0.717) is 6.04 Å². The predicted molar refractivity (Wildman–Crippen MR) is 75.4 cm³/mol. The van der Waals surface area contributed by atoms with Crippen LogP contribution in [0.25, 0.3) is 0 Å². The third-order valence-corrected chi connectivity index (χ3v) is 3.50. The first-order valence-corrected chi connectivity index (χ1v) is 6.93. The quantitative estimate of drug-likeness (QED) is 0.526. The Balaban J connectivity index is 2.06. The largest absolute Gasteiger partial charge is 0.385 e. The Morgan fingerprint density at radius 1 is 1.47 bits per heavy atom. The smallest absolute Gasteiger partial charge is 0.166 e. The summed E-state index contributed by atoms with van der Waals surface area (Å²) in [5.74, 6) is 0. The number of thiocarbonyl (C=S) groups is 1. The Morgan fingerprint density at radius 3 is 3.00 bits per heavy atom. The molecule has 0 aromatic heterocycles. The molecule has 0 aliphatic carbocycles. The van der Waals surface area contributed by atoms with E-state index in [9.17, 15) is 0 Å². The van der Waals surface area contributed by atoms with Crippen LogP contribution in [-0.2, 0) is 4.74 Å². The second-order valence-electron chi connectivity index (χ2n) is 4.41. The van der Waals surface area contributed by atoms with Crippen LogP contribution >= 0.6 is 12.2 Å². The van der Waals surface area contributed by atoms with Crippen molar-refractivity contribution in [3.63, 3.8) is 0 Å². The van der Waals surface area contributed by atoms with Crippen LogP contribution in [0.2, 0.25) is 0 Å². The summed E-state index contributed by atoms with van der Waals surface area (Å²) in [4.78, 5) is 2.51. The third kappa shape index (κ3) is 5.66. The summed E-state index contributed by atoms with van der Waals surface area (Å²) in [7, 11) is 1.72. The van der Waals surface area contributed by atoms with E-state index in [1.165, 1.54) is 19.4 Å². The van der Waals surface area contributed by atoms with Crippen LogP contribution in [-0.4, -0.2) is 55.9 Å². The maximum atomic E-state index is 5.23. The summed E-state index contributed by atoms with van der Waals surface area (Å²) in [5.41, 5.74) is 0. The van der Waals surface area contributed by atoms with E-state index < -0.39 is 0 Å². The van der Waals surface area contributed by atoms with Crippen LogP contribution in [0.4, 0.5) is 0 Å². The Morgan fingerprint density at radius 2 is 2.29 bits per heavy atom. The van der Waals surface area contributed by atoms with Crippen molar-refractivity contribution in [2.45, 2.75) is 32.2 Å². The summed E-state index contributed by atoms with van der Waals surface area (Å²) < 4.78 is 4.98. The van der Waals surface area contributed by atoms with Crippen molar-refractivity contribution >= 4 is 17.3 Å². The van der Waals surface area contributed by atoms with Gasteiger partial charge in [0, 0.05) is 32.8 Å². The third-order valence-electron chi connectivity index (χ3n) is 3.21. The molecule has 2 N–H and O–H groups in total. The molecule has 1 atom stereocenters. The van der Waals surface area contributed by atoms with Gasteiger partial charge in [-0.2, -0.15) is 0 Å². The molecule has 1 unspecified atom stereocenters. The van der Waals surface area contributed by atoms with Gasteiger partial charge in [-0.05, 0) is 44.6 Å². The molecule has 17 heavy (non-hydrogen) atoms. The number of hydrogen-bond acceptors (Lipinski definition) is 3. The second kappa shape index (κ2) is 8.66. The molecule has 0 spiro atoms. The van der Waals surface area contributed by atoms with Crippen molar-refractivity contribution in [3.8, 4) is 0 Å². The van der Waals surface area contributed by atoms with Gasteiger partial charge in [-0.1, -0.05) is 6.92 Å². The van der Waals surface area contributed by atoms with Gasteiger partial charge in [-0.25, -0.2) is 0 Å². The zero-order valence-electron chi connectivity index (χ0n) is 11.0. The van der Waals surface area contributed by atoms with E-state index in [4.69, 9.17) is 17.0 Å². The number of methoxy groups -OCH3 is 1. The summed E-state index contributed by atoms with van der Waals surface area (Å²) in [6.07, 6.45) is 3.59. The number of nitrogens with zero attached hydrogens (tertiary/aromatic N) is 1. The minimum absolute atomic E-state index is 0.652. The maximum Gasteiger partial charge on any atom is 0.166 e. The van der Waals surface area contributed by atoms with Gasteiger partial charge in [0.25, 0.3) is 0 Å². The lowest BCUT2D eigenvalue weighted by molar-refractivity contribution is 0.195. The molecule has 1 aliphatic heterocycles. The van der Waals surface area contributed by atoms with Crippen LogP contribution in [0.15, 0.2) is 0 Å². The molecule has 1 saturated heterocycles. The normalized spacial score (nSPS) is 20.5. The molecule has 0 bridgehead atoms. The highest BCUT2D eigenvalue weighted by atomic mass is 32.1. The molecule has 0 radical (unpaired) electrons. The molecule has 1 heterocycles. The van der Waals surface area contributed by atoms with Crippen molar-refractivity contribution in [1.82, 2.24) is 15.5 Å². The van der Waals surface area contributed by atoms with Crippen molar-refractivity contribution in [3.05, 3.63) is 0 Å². The van der Waals surface area contributed by atoms with Crippen molar-refractivity contribution in [2.75, 3.05) is 39.9 Å². The van der Waals surface area contributed by atoms with Crippen LogP contribution in [0.1, 0.15) is 26.2 Å². The fraction of sp³-hybridized carbons (Fsp3) is 0.917. The van der Waals surface area contributed by atoms with Crippen molar-refractivity contribution in [2.24, 2.45) is 0 Å². The fourth-order valence-electron chi connectivity index (χ4n) is 2.23. The van der Waals surface area contributed by atoms with Crippen molar-refractivity contribution in [1.29, 1.82) is 0 Å². The average molecular weight is 259 g/mol. The van der Waals surface area contributed by atoms with Gasteiger partial charge in [0.1, 0.15) is 0 Å². The molecule has 4 nitrogen and oxygen atoms in total. The standard InChI is InChI=1S/C12H25N3OS/c1-3-15-8-4-6-11(15)10-14-12(17)13-7-5-9-16-2/h11H,3-10H2,1-2H3,(H2,13,14,17). The number of hydrogen-bond donors (Lipinski definition) is 2. The molecule has 0 aromatic carbocycles. The number of ether oxygens (including phenoxy) is 1. The van der Waals surface area contributed by atoms with E-state index in [-0.39, 0.29) is 0 Å². The molecule has 0 saturated carbocycles. The molecular formula is C12H25N3OS. The summed E-state index contributed by atoms with van der Waals surface area (Å²) >= 11 is 5.23. The van der Waals surface area contributed by atoms with Gasteiger partial charge in [0.15, 0.2) is 5.11 Å². The molecule has 100 valence electrons. The van der Waals surface area contributed by atoms with Crippen LogP contribution < -0.4 is 10.6 Å². The van der Waals surface area contributed by atoms with Crippen LogP contribution in [0.3, 0.4) is 0 Å². The van der Waals surface area contributed by atoms with Gasteiger partial charge in [0.2, 0.25) is 0 Å². The Kier molecular flexibility index (Phi) is 7.48. The topological polar surface area (TPSA) is 36.5 Å². The van der Waals surface area contributed by atoms with E-state index in [0.717, 1.165) is 37.8 Å². The van der Waals surface area contributed by atoms with E-state index in [2.05, 4.69) is 22.5 Å². The second-order valence-corrected chi connectivity index (χ2v) is 4.82. The van der Waals surface area contributed by atoms with Gasteiger partial charge in [-0.3, -0.25) is 4.90 Å². The highest BCUT2D eigenvalue weighted by Crippen LogP contribution is 2.15. The number of nitrogens with one attached hydrogen (secondary N) is 2. The Bertz CT molecular complexity index is 226. The van der Waals surface area contributed by atoms with Crippen molar-refractivity contribution < 1.29 is 4.74 Å². The molecule has 0 aromatic rings.